The van der Waals surface area contributed by atoms with Crippen molar-refractivity contribution in [1.29, 1.82) is 0 Å². The van der Waals surface area contributed by atoms with Crippen LogP contribution < -0.4 is 11.1 Å². The van der Waals surface area contributed by atoms with E-state index in [0.717, 1.165) is 18.7 Å². The van der Waals surface area contributed by atoms with Crippen LogP contribution in [0.3, 0.4) is 0 Å². The average Bonchev–Trinajstić information content (AvgIpc) is 2.41. The Kier molecular flexibility index (Phi) is 2.76. The van der Waals surface area contributed by atoms with Gasteiger partial charge in [0.25, 0.3) is 0 Å². The molecule has 1 aromatic rings. The van der Waals surface area contributed by atoms with Crippen molar-refractivity contribution in [2.75, 3.05) is 18.4 Å². The maximum Gasteiger partial charge on any atom is 0.146 e. The highest BCUT2D eigenvalue weighted by atomic mass is 16.5. The lowest BCUT2D eigenvalue weighted by molar-refractivity contribution is 0.420. The fourth-order valence-electron chi connectivity index (χ4n) is 0.627. The molecule has 1 heterocycles. The van der Waals surface area contributed by atoms with Crippen LogP contribution in [0, 0.1) is 0 Å². The van der Waals surface area contributed by atoms with Gasteiger partial charge in [0.05, 0.1) is 11.9 Å². The van der Waals surface area contributed by atoms with Gasteiger partial charge >= 0.3 is 0 Å². The van der Waals surface area contributed by atoms with E-state index in [1.165, 1.54) is 0 Å². The minimum absolute atomic E-state index is 0.707. The van der Waals surface area contributed by atoms with Crippen molar-refractivity contribution in [3.8, 4) is 0 Å². The molecule has 1 rings (SSSR count). The fourth-order valence-corrected chi connectivity index (χ4v) is 0.627. The van der Waals surface area contributed by atoms with Crippen molar-refractivity contribution >= 4 is 5.69 Å². The summed E-state index contributed by atoms with van der Waals surface area (Å²) < 4.78 is 4.60. The van der Waals surface area contributed by atoms with E-state index in [4.69, 9.17) is 5.73 Å². The molecule has 3 N–H and O–H groups in total. The Bertz CT molecular complexity index is 162. The van der Waals surface area contributed by atoms with Crippen molar-refractivity contribution in [2.24, 2.45) is 5.73 Å². The third kappa shape index (κ3) is 2.06. The minimum atomic E-state index is 0.707. The molecule has 1 aromatic heterocycles. The zero-order valence-corrected chi connectivity index (χ0v) is 5.71. The van der Waals surface area contributed by atoms with E-state index >= 15 is 0 Å². The lowest BCUT2D eigenvalue weighted by Gasteiger charge is -1.98. The van der Waals surface area contributed by atoms with Crippen molar-refractivity contribution < 1.29 is 4.52 Å². The Hall–Kier alpha value is -1.03. The van der Waals surface area contributed by atoms with Gasteiger partial charge in [-0.2, -0.15) is 0 Å². The maximum atomic E-state index is 5.29. The Morgan fingerprint density at radius 2 is 2.60 bits per heavy atom. The van der Waals surface area contributed by atoms with Gasteiger partial charge in [0.1, 0.15) is 6.26 Å². The molecule has 0 saturated heterocycles. The summed E-state index contributed by atoms with van der Waals surface area (Å²) in [6.07, 6.45) is 4.16. The largest absolute Gasteiger partial charge is 0.381 e. The van der Waals surface area contributed by atoms with Crippen molar-refractivity contribution in [2.45, 2.75) is 6.42 Å². The number of nitrogens with zero attached hydrogens (tertiary/aromatic N) is 1. The molecule has 0 aliphatic rings. The van der Waals surface area contributed by atoms with Crippen LogP contribution in [0.1, 0.15) is 6.42 Å². The molecule has 0 aliphatic carbocycles. The lowest BCUT2D eigenvalue weighted by atomic mass is 10.4. The molecule has 56 valence electrons. The van der Waals surface area contributed by atoms with Gasteiger partial charge in [0.2, 0.25) is 0 Å². The molecule has 0 saturated carbocycles. The SMILES string of the molecule is NCCCNc1cnoc1. The molecular formula is C6H11N3O. The maximum absolute atomic E-state index is 5.29. The van der Waals surface area contributed by atoms with Gasteiger partial charge in [0.15, 0.2) is 0 Å². The monoisotopic (exact) mass is 141 g/mol. The molecule has 0 unspecified atom stereocenters. The molecule has 0 spiro atoms. The first-order valence-electron chi connectivity index (χ1n) is 3.27. The van der Waals surface area contributed by atoms with Crippen molar-refractivity contribution in [3.05, 3.63) is 12.5 Å². The van der Waals surface area contributed by atoms with Crippen molar-refractivity contribution in [1.82, 2.24) is 5.16 Å². The van der Waals surface area contributed by atoms with Gasteiger partial charge < -0.3 is 15.6 Å². The topological polar surface area (TPSA) is 64.1 Å². The van der Waals surface area contributed by atoms with E-state index in [1.807, 2.05) is 0 Å². The molecule has 0 aromatic carbocycles. The summed E-state index contributed by atoms with van der Waals surface area (Å²) in [7, 11) is 0. The van der Waals surface area contributed by atoms with E-state index in [1.54, 1.807) is 12.5 Å². The van der Waals surface area contributed by atoms with Crippen molar-refractivity contribution in [3.63, 3.8) is 0 Å². The van der Waals surface area contributed by atoms with Crippen LogP contribution in [-0.4, -0.2) is 18.2 Å². The molecule has 0 fully saturated rings. The second-order valence-corrected chi connectivity index (χ2v) is 1.98. The van der Waals surface area contributed by atoms with E-state index < -0.39 is 0 Å². The van der Waals surface area contributed by atoms with E-state index in [0.29, 0.717) is 6.54 Å². The smallest absolute Gasteiger partial charge is 0.146 e. The van der Waals surface area contributed by atoms with Gasteiger partial charge in [-0.05, 0) is 13.0 Å². The standard InChI is InChI=1S/C6H11N3O/c7-2-1-3-8-6-4-9-10-5-6/h4-5,8H,1-3,7H2. The summed E-state index contributed by atoms with van der Waals surface area (Å²) >= 11 is 0. The second-order valence-electron chi connectivity index (χ2n) is 1.98. The number of aromatic nitrogens is 1. The van der Waals surface area contributed by atoms with E-state index in [9.17, 15) is 0 Å². The van der Waals surface area contributed by atoms with Crippen LogP contribution in [0.25, 0.3) is 0 Å². The van der Waals surface area contributed by atoms with Gasteiger partial charge in [-0.3, -0.25) is 0 Å². The quantitative estimate of drug-likeness (QED) is 0.597. The predicted octanol–water partition coefficient (Wildman–Crippen LogP) is 0.435. The summed E-state index contributed by atoms with van der Waals surface area (Å²) in [6, 6.07) is 0. The number of anilines is 1. The van der Waals surface area contributed by atoms with E-state index in [2.05, 4.69) is 15.0 Å². The first-order valence-corrected chi connectivity index (χ1v) is 3.27. The molecule has 0 radical (unpaired) electrons. The molecule has 4 heteroatoms. The summed E-state index contributed by atoms with van der Waals surface area (Å²) in [4.78, 5) is 0. The summed E-state index contributed by atoms with van der Waals surface area (Å²) in [5, 5.41) is 6.62. The Balaban J connectivity index is 2.15. The molecule has 0 amide bonds. The average molecular weight is 141 g/mol. The first kappa shape index (κ1) is 7.08. The van der Waals surface area contributed by atoms with E-state index in [-0.39, 0.29) is 0 Å². The summed E-state index contributed by atoms with van der Waals surface area (Å²) in [6.45, 7) is 1.58. The summed E-state index contributed by atoms with van der Waals surface area (Å²) in [5.41, 5.74) is 6.20. The highest BCUT2D eigenvalue weighted by Crippen LogP contribution is 2.02. The highest BCUT2D eigenvalue weighted by molar-refractivity contribution is 5.35. The minimum Gasteiger partial charge on any atom is -0.381 e. The van der Waals surface area contributed by atoms with Crippen LogP contribution in [0.4, 0.5) is 5.69 Å². The second kappa shape index (κ2) is 3.90. The lowest BCUT2D eigenvalue weighted by Crippen LogP contribution is -2.07. The Labute approximate surface area is 59.4 Å². The highest BCUT2D eigenvalue weighted by Gasteiger charge is 1.90. The zero-order chi connectivity index (χ0) is 7.23. The van der Waals surface area contributed by atoms with Crippen LogP contribution in [0.15, 0.2) is 17.0 Å². The predicted molar refractivity (Wildman–Crippen MR) is 38.7 cm³/mol. The summed E-state index contributed by atoms with van der Waals surface area (Å²) in [5.74, 6) is 0. The molecule has 10 heavy (non-hydrogen) atoms. The number of hydrogen-bond donors (Lipinski definition) is 2. The van der Waals surface area contributed by atoms with Crippen LogP contribution in [0.5, 0.6) is 0 Å². The number of rotatable bonds is 4. The first-order chi connectivity index (χ1) is 4.93. The molecule has 0 aliphatic heterocycles. The normalized spacial score (nSPS) is 9.70. The van der Waals surface area contributed by atoms with Gasteiger partial charge in [0, 0.05) is 6.54 Å². The van der Waals surface area contributed by atoms with Crippen LogP contribution in [0.2, 0.25) is 0 Å². The number of hydrogen-bond acceptors (Lipinski definition) is 4. The Morgan fingerprint density at radius 1 is 1.70 bits per heavy atom. The third-order valence-corrected chi connectivity index (χ3v) is 1.14. The molecule has 0 bridgehead atoms. The Morgan fingerprint density at radius 3 is 3.20 bits per heavy atom. The van der Waals surface area contributed by atoms with Gasteiger partial charge in [-0.15, -0.1) is 0 Å². The fraction of sp³-hybridized carbons (Fsp3) is 0.500. The van der Waals surface area contributed by atoms with Crippen LogP contribution >= 0.6 is 0 Å². The molecule has 4 nitrogen and oxygen atoms in total. The number of nitrogens with one attached hydrogen (secondary N) is 1. The molecular weight excluding hydrogens is 130 g/mol. The van der Waals surface area contributed by atoms with Crippen LogP contribution in [-0.2, 0) is 0 Å². The third-order valence-electron chi connectivity index (χ3n) is 1.14. The van der Waals surface area contributed by atoms with Gasteiger partial charge in [-0.1, -0.05) is 5.16 Å². The number of nitrogens with two attached hydrogens (primary N) is 1. The molecule has 0 atom stereocenters. The van der Waals surface area contributed by atoms with Gasteiger partial charge in [-0.25, -0.2) is 0 Å². The zero-order valence-electron chi connectivity index (χ0n) is 5.71.